The number of carbonyl (C=O) groups is 1. The summed E-state index contributed by atoms with van der Waals surface area (Å²) < 4.78 is 6.45. The fourth-order valence-corrected chi connectivity index (χ4v) is 4.29. The first-order chi connectivity index (χ1) is 11.5. The van der Waals surface area contributed by atoms with Gasteiger partial charge in [-0.25, -0.2) is 0 Å². The Morgan fingerprint density at radius 1 is 1.42 bits per heavy atom. The normalized spacial score (nSPS) is 13.8. The van der Waals surface area contributed by atoms with Crippen LogP contribution in [0.5, 0.6) is 5.75 Å². The van der Waals surface area contributed by atoms with Gasteiger partial charge in [-0.3, -0.25) is 9.69 Å². The van der Waals surface area contributed by atoms with E-state index in [-0.39, 0.29) is 5.91 Å². The van der Waals surface area contributed by atoms with E-state index in [1.165, 1.54) is 23.1 Å². The zero-order valence-electron chi connectivity index (χ0n) is 12.9. The van der Waals surface area contributed by atoms with Crippen LogP contribution < -0.4 is 9.64 Å². The third kappa shape index (κ3) is 4.53. The highest BCUT2D eigenvalue weighted by Crippen LogP contribution is 2.35. The van der Waals surface area contributed by atoms with Gasteiger partial charge < -0.3 is 4.74 Å². The summed E-state index contributed by atoms with van der Waals surface area (Å²) in [7, 11) is 0. The highest BCUT2D eigenvalue weighted by atomic mass is 35.5. The summed E-state index contributed by atoms with van der Waals surface area (Å²) >= 11 is 14.9. The molecule has 0 N–H and O–H groups in total. The smallest absolute Gasteiger partial charge is 0.225 e. The van der Waals surface area contributed by atoms with Gasteiger partial charge >= 0.3 is 0 Å². The van der Waals surface area contributed by atoms with Crippen molar-refractivity contribution in [3.05, 3.63) is 28.2 Å². The number of thioether (sulfide) groups is 1. The molecular formula is C15H15Cl2N3O2S2. The highest BCUT2D eigenvalue weighted by molar-refractivity contribution is 8.01. The first kappa shape index (κ1) is 17.8. The van der Waals surface area contributed by atoms with Crippen molar-refractivity contribution in [3.63, 3.8) is 0 Å². The largest absolute Gasteiger partial charge is 0.491 e. The summed E-state index contributed by atoms with van der Waals surface area (Å²) in [6.07, 6.45) is 2.08. The van der Waals surface area contributed by atoms with E-state index in [0.717, 1.165) is 17.2 Å². The number of halogens is 2. The second-order valence-electron chi connectivity index (χ2n) is 5.24. The maximum Gasteiger partial charge on any atom is 0.225 e. The molecule has 1 saturated carbocycles. The van der Waals surface area contributed by atoms with E-state index in [4.69, 9.17) is 27.9 Å². The number of carbonyl (C=O) groups excluding carboxylic acids is 1. The van der Waals surface area contributed by atoms with Crippen LogP contribution in [0.4, 0.5) is 5.13 Å². The minimum atomic E-state index is 0.0177. The van der Waals surface area contributed by atoms with Gasteiger partial charge in [-0.2, -0.15) is 0 Å². The number of hydrogen-bond donors (Lipinski definition) is 0. The van der Waals surface area contributed by atoms with E-state index < -0.39 is 0 Å². The Hall–Kier alpha value is -1.02. The topological polar surface area (TPSA) is 55.3 Å². The molecule has 1 fully saturated rings. The van der Waals surface area contributed by atoms with Gasteiger partial charge in [0.25, 0.3) is 0 Å². The van der Waals surface area contributed by atoms with Crippen LogP contribution in [0.2, 0.25) is 10.0 Å². The SMILES string of the molecule is CC(=O)N(c1nnc(SCCOc2cc(Cl)ccc2Cl)s1)C1CC1. The number of ether oxygens (including phenoxy) is 1. The van der Waals surface area contributed by atoms with Crippen molar-refractivity contribution in [2.45, 2.75) is 30.1 Å². The van der Waals surface area contributed by atoms with Crippen molar-refractivity contribution in [1.29, 1.82) is 0 Å². The number of benzene rings is 1. The quantitative estimate of drug-likeness (QED) is 0.386. The number of anilines is 1. The van der Waals surface area contributed by atoms with Crippen molar-refractivity contribution in [2.24, 2.45) is 0 Å². The molecule has 0 atom stereocenters. The van der Waals surface area contributed by atoms with Crippen molar-refractivity contribution >= 4 is 57.3 Å². The minimum absolute atomic E-state index is 0.0177. The minimum Gasteiger partial charge on any atom is -0.491 e. The Morgan fingerprint density at radius 2 is 2.21 bits per heavy atom. The summed E-state index contributed by atoms with van der Waals surface area (Å²) in [5.74, 6) is 1.28. The van der Waals surface area contributed by atoms with Gasteiger partial charge in [0, 0.05) is 29.8 Å². The molecular weight excluding hydrogens is 389 g/mol. The fourth-order valence-electron chi connectivity index (χ4n) is 2.11. The highest BCUT2D eigenvalue weighted by Gasteiger charge is 2.34. The standard InChI is InChI=1S/C15H15Cl2N3O2S2/c1-9(21)20(11-3-4-11)14-18-19-15(24-14)23-7-6-22-13-8-10(16)2-5-12(13)17/h2,5,8,11H,3-4,6-7H2,1H3. The predicted octanol–water partition coefficient (Wildman–Crippen LogP) is 4.53. The van der Waals surface area contributed by atoms with Gasteiger partial charge in [-0.15, -0.1) is 10.2 Å². The summed E-state index contributed by atoms with van der Waals surface area (Å²) in [5.41, 5.74) is 0. The fraction of sp³-hybridized carbons (Fsp3) is 0.400. The first-order valence-electron chi connectivity index (χ1n) is 7.38. The molecule has 1 heterocycles. The molecule has 24 heavy (non-hydrogen) atoms. The molecule has 9 heteroatoms. The lowest BCUT2D eigenvalue weighted by molar-refractivity contribution is -0.116. The van der Waals surface area contributed by atoms with Crippen LogP contribution in [0.3, 0.4) is 0 Å². The average molecular weight is 404 g/mol. The number of rotatable bonds is 7. The summed E-state index contributed by atoms with van der Waals surface area (Å²) in [6, 6.07) is 5.41. The van der Waals surface area contributed by atoms with Crippen molar-refractivity contribution < 1.29 is 9.53 Å². The number of hydrogen-bond acceptors (Lipinski definition) is 6. The van der Waals surface area contributed by atoms with E-state index in [1.807, 2.05) is 0 Å². The molecule has 1 amide bonds. The molecule has 0 aliphatic heterocycles. The van der Waals surface area contributed by atoms with E-state index in [2.05, 4.69) is 10.2 Å². The Labute approximate surface area is 158 Å². The third-order valence-electron chi connectivity index (χ3n) is 3.31. The summed E-state index contributed by atoms with van der Waals surface area (Å²) in [6.45, 7) is 2.04. The van der Waals surface area contributed by atoms with Gasteiger partial charge in [0.15, 0.2) is 4.34 Å². The molecule has 1 aromatic carbocycles. The van der Waals surface area contributed by atoms with Gasteiger partial charge in [0.1, 0.15) is 5.75 Å². The Balaban J connectivity index is 1.50. The zero-order valence-corrected chi connectivity index (χ0v) is 16.0. The molecule has 0 bridgehead atoms. The number of nitrogens with zero attached hydrogens (tertiary/aromatic N) is 3. The maximum absolute atomic E-state index is 11.7. The molecule has 0 spiro atoms. The molecule has 0 saturated heterocycles. The molecule has 3 rings (SSSR count). The van der Waals surface area contributed by atoms with Crippen molar-refractivity contribution in [1.82, 2.24) is 10.2 Å². The zero-order chi connectivity index (χ0) is 17.1. The van der Waals surface area contributed by atoms with E-state index in [9.17, 15) is 4.79 Å². The first-order valence-corrected chi connectivity index (χ1v) is 9.94. The second-order valence-corrected chi connectivity index (χ2v) is 8.38. The van der Waals surface area contributed by atoms with Crippen LogP contribution in [-0.4, -0.2) is 34.5 Å². The Morgan fingerprint density at radius 3 is 2.92 bits per heavy atom. The van der Waals surface area contributed by atoms with Crippen molar-refractivity contribution in [2.75, 3.05) is 17.3 Å². The second kappa shape index (κ2) is 7.91. The predicted molar refractivity (Wildman–Crippen MR) is 98.8 cm³/mol. The summed E-state index contributed by atoms with van der Waals surface area (Å²) in [4.78, 5) is 13.5. The molecule has 5 nitrogen and oxygen atoms in total. The van der Waals surface area contributed by atoms with Crippen LogP contribution in [-0.2, 0) is 4.79 Å². The van der Waals surface area contributed by atoms with Gasteiger partial charge in [-0.1, -0.05) is 46.3 Å². The Bertz CT molecular complexity index is 737. The molecule has 0 radical (unpaired) electrons. The maximum atomic E-state index is 11.7. The molecule has 1 aliphatic carbocycles. The molecule has 0 unspecified atom stereocenters. The van der Waals surface area contributed by atoms with E-state index in [1.54, 1.807) is 30.0 Å². The van der Waals surface area contributed by atoms with Gasteiger partial charge in [0.2, 0.25) is 11.0 Å². The molecule has 1 aromatic heterocycles. The Kier molecular flexibility index (Phi) is 5.86. The lowest BCUT2D eigenvalue weighted by Crippen LogP contribution is -2.30. The summed E-state index contributed by atoms with van der Waals surface area (Å²) in [5, 5.41) is 10.1. The lowest BCUT2D eigenvalue weighted by Gasteiger charge is -2.15. The van der Waals surface area contributed by atoms with Gasteiger partial charge in [-0.05, 0) is 25.0 Å². The average Bonchev–Trinajstić information content (AvgIpc) is 3.25. The van der Waals surface area contributed by atoms with Crippen molar-refractivity contribution in [3.8, 4) is 5.75 Å². The van der Waals surface area contributed by atoms with Crippen LogP contribution in [0.25, 0.3) is 0 Å². The van der Waals surface area contributed by atoms with Gasteiger partial charge in [0.05, 0.1) is 11.6 Å². The van der Waals surface area contributed by atoms with E-state index >= 15 is 0 Å². The molecule has 1 aliphatic rings. The molecule has 2 aromatic rings. The molecule has 128 valence electrons. The third-order valence-corrected chi connectivity index (χ3v) is 5.88. The van der Waals surface area contributed by atoms with Crippen LogP contribution in [0, 0.1) is 0 Å². The van der Waals surface area contributed by atoms with E-state index in [0.29, 0.717) is 39.3 Å². The number of amides is 1. The van der Waals surface area contributed by atoms with Crippen LogP contribution in [0.15, 0.2) is 22.5 Å². The monoisotopic (exact) mass is 403 g/mol. The number of aromatic nitrogens is 2. The van der Waals surface area contributed by atoms with Crippen LogP contribution >= 0.6 is 46.3 Å². The van der Waals surface area contributed by atoms with Crippen LogP contribution in [0.1, 0.15) is 19.8 Å². The lowest BCUT2D eigenvalue weighted by atomic mass is 10.3.